The molecule has 2 heterocycles. The van der Waals surface area contributed by atoms with Crippen LogP contribution in [0.1, 0.15) is 5.56 Å². The van der Waals surface area contributed by atoms with Gasteiger partial charge in [0.2, 0.25) is 5.82 Å². The Morgan fingerprint density at radius 2 is 2.18 bits per heavy atom. The van der Waals surface area contributed by atoms with Gasteiger partial charge in [-0.3, -0.25) is 20.2 Å². The number of nitriles is 1. The minimum Gasteiger partial charge on any atom is -0.272 e. The van der Waals surface area contributed by atoms with E-state index in [2.05, 4.69) is 10.4 Å². The van der Waals surface area contributed by atoms with E-state index in [-0.39, 0.29) is 17.1 Å². The third-order valence-corrected chi connectivity index (χ3v) is 2.07. The second kappa shape index (κ2) is 4.32. The van der Waals surface area contributed by atoms with Crippen molar-refractivity contribution >= 4 is 11.5 Å². The zero-order valence-electron chi connectivity index (χ0n) is 8.57. The summed E-state index contributed by atoms with van der Waals surface area (Å²) in [5.74, 6) is 0.0326. The molecular weight excluding hydrogens is 222 g/mol. The molecule has 0 atom stereocenters. The fourth-order valence-corrected chi connectivity index (χ4v) is 1.34. The normalized spacial score (nSPS) is 9.59. The van der Waals surface area contributed by atoms with E-state index < -0.39 is 4.92 Å². The number of anilines is 1. The summed E-state index contributed by atoms with van der Waals surface area (Å²) in [7, 11) is 0. The van der Waals surface area contributed by atoms with E-state index in [0.29, 0.717) is 0 Å². The highest BCUT2D eigenvalue weighted by Gasteiger charge is 2.21. The molecule has 17 heavy (non-hydrogen) atoms. The molecule has 0 aliphatic rings. The SMILES string of the molecule is N#Cc1ccnc(Nn2cccc2)c1[N+](=O)[O-]. The molecule has 84 valence electrons. The van der Waals surface area contributed by atoms with Gasteiger partial charge < -0.3 is 0 Å². The van der Waals surface area contributed by atoms with Crippen LogP contribution < -0.4 is 5.43 Å². The molecule has 2 aromatic heterocycles. The molecule has 0 fully saturated rings. The maximum atomic E-state index is 10.9. The van der Waals surface area contributed by atoms with Crippen LogP contribution in [0.2, 0.25) is 0 Å². The van der Waals surface area contributed by atoms with Crippen LogP contribution in [0, 0.1) is 21.4 Å². The Labute approximate surface area is 96.1 Å². The average Bonchev–Trinajstić information content (AvgIpc) is 2.81. The molecule has 0 aliphatic carbocycles. The number of nitrogens with zero attached hydrogens (tertiary/aromatic N) is 4. The van der Waals surface area contributed by atoms with Crippen molar-refractivity contribution in [2.24, 2.45) is 0 Å². The molecule has 0 spiro atoms. The molecule has 0 aliphatic heterocycles. The monoisotopic (exact) mass is 229 g/mol. The standard InChI is InChI=1S/C10H7N5O2/c11-7-8-3-4-12-10(9(8)15(16)17)13-14-5-1-2-6-14/h1-6H,(H,12,13). The first-order valence-electron chi connectivity index (χ1n) is 4.66. The van der Waals surface area contributed by atoms with Crippen molar-refractivity contribution in [3.05, 3.63) is 52.5 Å². The minimum atomic E-state index is -0.628. The molecule has 0 bridgehead atoms. The molecule has 0 amide bonds. The molecule has 0 saturated heterocycles. The first kappa shape index (κ1) is 10.6. The Hall–Kier alpha value is -2.88. The van der Waals surface area contributed by atoms with E-state index in [0.717, 1.165) is 0 Å². The lowest BCUT2D eigenvalue weighted by atomic mass is 10.2. The summed E-state index contributed by atoms with van der Waals surface area (Å²) in [6, 6.07) is 6.58. The first-order chi connectivity index (χ1) is 8.22. The van der Waals surface area contributed by atoms with E-state index in [4.69, 9.17) is 5.26 Å². The van der Waals surface area contributed by atoms with Gasteiger partial charge in [0.25, 0.3) is 0 Å². The number of aromatic nitrogens is 2. The van der Waals surface area contributed by atoms with Crippen molar-refractivity contribution in [2.45, 2.75) is 0 Å². The Balaban J connectivity index is 2.47. The van der Waals surface area contributed by atoms with Crippen LogP contribution in [0.15, 0.2) is 36.8 Å². The van der Waals surface area contributed by atoms with Gasteiger partial charge in [-0.05, 0) is 18.2 Å². The second-order valence-corrected chi connectivity index (χ2v) is 3.13. The zero-order valence-corrected chi connectivity index (χ0v) is 8.57. The molecule has 0 radical (unpaired) electrons. The van der Waals surface area contributed by atoms with Crippen LogP contribution in [0.25, 0.3) is 0 Å². The number of pyridine rings is 1. The number of nitro groups is 1. The van der Waals surface area contributed by atoms with Gasteiger partial charge in [-0.15, -0.1) is 0 Å². The Morgan fingerprint density at radius 1 is 1.47 bits per heavy atom. The quantitative estimate of drug-likeness (QED) is 0.635. The van der Waals surface area contributed by atoms with Crippen molar-refractivity contribution in [1.29, 1.82) is 5.26 Å². The smallest absolute Gasteiger partial charge is 0.272 e. The van der Waals surface area contributed by atoms with Crippen molar-refractivity contribution in [3.8, 4) is 6.07 Å². The highest BCUT2D eigenvalue weighted by Crippen LogP contribution is 2.25. The van der Waals surface area contributed by atoms with E-state index in [1.807, 2.05) is 0 Å². The predicted octanol–water partition coefficient (Wildman–Crippen LogP) is 1.54. The lowest BCUT2D eigenvalue weighted by molar-refractivity contribution is -0.384. The van der Waals surface area contributed by atoms with E-state index in [9.17, 15) is 10.1 Å². The fourth-order valence-electron chi connectivity index (χ4n) is 1.34. The molecule has 0 aromatic carbocycles. The summed E-state index contributed by atoms with van der Waals surface area (Å²) in [4.78, 5) is 14.1. The molecule has 7 heteroatoms. The summed E-state index contributed by atoms with van der Waals surface area (Å²) < 4.78 is 1.51. The topological polar surface area (TPSA) is 96.8 Å². The minimum absolute atomic E-state index is 0.0281. The van der Waals surface area contributed by atoms with Crippen molar-refractivity contribution in [1.82, 2.24) is 9.66 Å². The largest absolute Gasteiger partial charge is 0.330 e. The molecule has 7 nitrogen and oxygen atoms in total. The Kier molecular flexibility index (Phi) is 2.70. The maximum absolute atomic E-state index is 10.9. The van der Waals surface area contributed by atoms with Crippen LogP contribution >= 0.6 is 0 Å². The summed E-state index contributed by atoms with van der Waals surface area (Å²) in [5.41, 5.74) is 2.36. The highest BCUT2D eigenvalue weighted by atomic mass is 16.6. The first-order valence-corrected chi connectivity index (χ1v) is 4.66. The van der Waals surface area contributed by atoms with Crippen LogP contribution in [-0.4, -0.2) is 14.6 Å². The third kappa shape index (κ3) is 2.05. The summed E-state index contributed by atoms with van der Waals surface area (Å²) in [6.07, 6.45) is 4.69. The average molecular weight is 229 g/mol. The lowest BCUT2D eigenvalue weighted by Gasteiger charge is -2.06. The van der Waals surface area contributed by atoms with Gasteiger partial charge >= 0.3 is 5.69 Å². The third-order valence-electron chi connectivity index (χ3n) is 2.07. The van der Waals surface area contributed by atoms with Crippen molar-refractivity contribution in [2.75, 3.05) is 5.43 Å². The number of hydrogen-bond acceptors (Lipinski definition) is 5. The van der Waals surface area contributed by atoms with Gasteiger partial charge in [-0.25, -0.2) is 4.98 Å². The Bertz CT molecular complexity index is 585. The zero-order chi connectivity index (χ0) is 12.3. The van der Waals surface area contributed by atoms with Gasteiger partial charge in [0, 0.05) is 18.6 Å². The molecule has 2 rings (SSSR count). The summed E-state index contributed by atoms with van der Waals surface area (Å²) in [5, 5.41) is 19.7. The second-order valence-electron chi connectivity index (χ2n) is 3.13. The van der Waals surface area contributed by atoms with E-state index in [1.165, 1.54) is 16.9 Å². The molecule has 2 aromatic rings. The van der Waals surface area contributed by atoms with Gasteiger partial charge in [0.1, 0.15) is 11.6 Å². The predicted molar refractivity (Wildman–Crippen MR) is 59.1 cm³/mol. The molecule has 1 N–H and O–H groups in total. The van der Waals surface area contributed by atoms with Gasteiger partial charge in [-0.2, -0.15) is 5.26 Å². The summed E-state index contributed by atoms with van der Waals surface area (Å²) >= 11 is 0. The molecule has 0 unspecified atom stereocenters. The molecule has 0 saturated carbocycles. The van der Waals surface area contributed by atoms with E-state index >= 15 is 0 Å². The van der Waals surface area contributed by atoms with Crippen molar-refractivity contribution in [3.63, 3.8) is 0 Å². The summed E-state index contributed by atoms with van der Waals surface area (Å²) in [6.45, 7) is 0. The van der Waals surface area contributed by atoms with Crippen LogP contribution in [-0.2, 0) is 0 Å². The fraction of sp³-hybridized carbons (Fsp3) is 0. The highest BCUT2D eigenvalue weighted by molar-refractivity contribution is 5.63. The van der Waals surface area contributed by atoms with Crippen LogP contribution in [0.4, 0.5) is 11.5 Å². The van der Waals surface area contributed by atoms with Crippen LogP contribution in [0.5, 0.6) is 0 Å². The van der Waals surface area contributed by atoms with E-state index in [1.54, 1.807) is 30.6 Å². The number of hydrogen-bond donors (Lipinski definition) is 1. The Morgan fingerprint density at radius 3 is 2.76 bits per heavy atom. The van der Waals surface area contributed by atoms with Gasteiger partial charge in [-0.1, -0.05) is 0 Å². The van der Waals surface area contributed by atoms with Crippen LogP contribution in [0.3, 0.4) is 0 Å². The lowest BCUT2D eigenvalue weighted by Crippen LogP contribution is -2.10. The maximum Gasteiger partial charge on any atom is 0.330 e. The van der Waals surface area contributed by atoms with Gasteiger partial charge in [0.05, 0.1) is 4.92 Å². The molecular formula is C10H7N5O2. The number of nitrogens with one attached hydrogen (secondary N) is 1. The van der Waals surface area contributed by atoms with Gasteiger partial charge in [0.15, 0.2) is 0 Å². The number of rotatable bonds is 3. The van der Waals surface area contributed by atoms with Crippen molar-refractivity contribution < 1.29 is 4.92 Å².